The highest BCUT2D eigenvalue weighted by Gasteiger charge is 2.16. The van der Waals surface area contributed by atoms with E-state index in [9.17, 15) is 9.59 Å². The number of Topliss-reactive ketones (excluding diaryl/α,β-unsaturated/α-hetero) is 1. The van der Waals surface area contributed by atoms with Crippen molar-refractivity contribution in [2.24, 2.45) is 5.92 Å². The summed E-state index contributed by atoms with van der Waals surface area (Å²) in [5.41, 5.74) is 0.942. The number of para-hydroxylation sites is 1. The number of carbonyl (C=O) groups excluding carboxylic acids is 1. The van der Waals surface area contributed by atoms with E-state index in [1.807, 2.05) is 6.07 Å². The summed E-state index contributed by atoms with van der Waals surface area (Å²) >= 11 is 7.34. The van der Waals surface area contributed by atoms with Crippen molar-refractivity contribution in [1.82, 2.24) is 9.55 Å². The summed E-state index contributed by atoms with van der Waals surface area (Å²) in [5.74, 6) is 1.05. The summed E-state index contributed by atoms with van der Waals surface area (Å²) in [6.07, 6.45) is 0.842. The van der Waals surface area contributed by atoms with Crippen molar-refractivity contribution in [1.29, 1.82) is 0 Å². The minimum absolute atomic E-state index is 0.0803. The molecule has 0 saturated carbocycles. The maximum Gasteiger partial charge on any atom is 0.262 e. The van der Waals surface area contributed by atoms with E-state index in [0.29, 0.717) is 44.9 Å². The molecule has 0 aliphatic rings. The third-order valence-electron chi connectivity index (χ3n) is 4.55. The first kappa shape index (κ1) is 21.4. The summed E-state index contributed by atoms with van der Waals surface area (Å²) < 4.78 is 6.94. The molecule has 1 aromatic heterocycles. The molecule has 7 heteroatoms. The Balaban J connectivity index is 1.95. The number of fused-ring (bicyclic) bond motifs is 1. The first-order valence-electron chi connectivity index (χ1n) is 9.39. The Hall–Kier alpha value is -2.31. The number of halogens is 1. The number of ketones is 1. The molecule has 0 radical (unpaired) electrons. The third kappa shape index (κ3) is 5.00. The Morgan fingerprint density at radius 1 is 1.24 bits per heavy atom. The standard InChI is InChI=1S/C22H23ClN2O3S/c1-14(2)10-11-25-21(27)16-9-8-15(23)12-18(16)24-22(25)29-13-19(26)17-6-4-5-7-20(17)28-3/h4-9,12,14H,10-11,13H2,1-3H3. The number of thioether (sulfide) groups is 1. The fourth-order valence-electron chi connectivity index (χ4n) is 2.95. The second-order valence-corrected chi connectivity index (χ2v) is 8.49. The molecular formula is C22H23ClN2O3S. The predicted molar refractivity (Wildman–Crippen MR) is 119 cm³/mol. The Bertz CT molecular complexity index is 1100. The van der Waals surface area contributed by atoms with Gasteiger partial charge in [-0.3, -0.25) is 14.2 Å². The highest BCUT2D eigenvalue weighted by Crippen LogP contribution is 2.24. The lowest BCUT2D eigenvalue weighted by molar-refractivity contribution is 0.101. The Kier molecular flexibility index (Phi) is 6.98. The molecule has 5 nitrogen and oxygen atoms in total. The summed E-state index contributed by atoms with van der Waals surface area (Å²) in [5, 5.41) is 1.57. The zero-order valence-corrected chi connectivity index (χ0v) is 18.2. The fourth-order valence-corrected chi connectivity index (χ4v) is 4.03. The molecule has 2 aromatic carbocycles. The van der Waals surface area contributed by atoms with Gasteiger partial charge in [-0.15, -0.1) is 0 Å². The molecule has 0 bridgehead atoms. The van der Waals surface area contributed by atoms with Crippen LogP contribution < -0.4 is 10.3 Å². The number of benzene rings is 2. The van der Waals surface area contributed by atoms with E-state index in [4.69, 9.17) is 16.3 Å². The van der Waals surface area contributed by atoms with E-state index in [-0.39, 0.29) is 17.1 Å². The summed E-state index contributed by atoms with van der Waals surface area (Å²) in [6.45, 7) is 4.77. The molecule has 0 aliphatic heterocycles. The van der Waals surface area contributed by atoms with E-state index in [1.54, 1.807) is 41.0 Å². The molecule has 0 saturated heterocycles. The number of hydrogen-bond acceptors (Lipinski definition) is 5. The molecule has 0 spiro atoms. The number of nitrogens with zero attached hydrogens (tertiary/aromatic N) is 2. The van der Waals surface area contributed by atoms with Crippen molar-refractivity contribution >= 4 is 40.0 Å². The average Bonchev–Trinajstić information content (AvgIpc) is 2.71. The minimum Gasteiger partial charge on any atom is -0.496 e. The molecule has 1 heterocycles. The zero-order valence-electron chi connectivity index (χ0n) is 16.6. The van der Waals surface area contributed by atoms with E-state index in [0.717, 1.165) is 6.42 Å². The van der Waals surface area contributed by atoms with Gasteiger partial charge in [0.05, 0.1) is 29.3 Å². The molecule has 0 amide bonds. The summed E-state index contributed by atoms with van der Waals surface area (Å²) in [7, 11) is 1.54. The van der Waals surface area contributed by atoms with Crippen LogP contribution in [0.4, 0.5) is 0 Å². The Morgan fingerprint density at radius 2 is 2.00 bits per heavy atom. The van der Waals surface area contributed by atoms with Gasteiger partial charge in [0.2, 0.25) is 0 Å². The number of hydrogen-bond donors (Lipinski definition) is 0. The van der Waals surface area contributed by atoms with Crippen LogP contribution >= 0.6 is 23.4 Å². The van der Waals surface area contributed by atoms with Gasteiger partial charge in [-0.05, 0) is 42.7 Å². The van der Waals surface area contributed by atoms with Crippen LogP contribution in [0, 0.1) is 5.92 Å². The number of ether oxygens (including phenoxy) is 1. The van der Waals surface area contributed by atoms with Crippen LogP contribution in [0.1, 0.15) is 30.6 Å². The minimum atomic E-state index is -0.112. The van der Waals surface area contributed by atoms with Gasteiger partial charge in [-0.2, -0.15) is 0 Å². The van der Waals surface area contributed by atoms with E-state index in [2.05, 4.69) is 18.8 Å². The number of rotatable bonds is 8. The molecule has 152 valence electrons. The van der Waals surface area contributed by atoms with Gasteiger partial charge in [0.15, 0.2) is 10.9 Å². The highest BCUT2D eigenvalue weighted by molar-refractivity contribution is 7.99. The van der Waals surface area contributed by atoms with Gasteiger partial charge in [0.1, 0.15) is 5.75 Å². The van der Waals surface area contributed by atoms with Crippen LogP contribution in [0.25, 0.3) is 10.9 Å². The molecule has 3 rings (SSSR count). The molecular weight excluding hydrogens is 408 g/mol. The Labute approximate surface area is 179 Å². The maximum atomic E-state index is 13.0. The lowest BCUT2D eigenvalue weighted by atomic mass is 10.1. The number of methoxy groups -OCH3 is 1. The first-order valence-corrected chi connectivity index (χ1v) is 10.8. The summed E-state index contributed by atoms with van der Waals surface area (Å²) in [4.78, 5) is 30.4. The zero-order chi connectivity index (χ0) is 21.0. The van der Waals surface area contributed by atoms with Crippen molar-refractivity contribution in [3.05, 3.63) is 63.4 Å². The number of carbonyl (C=O) groups is 1. The molecule has 0 fully saturated rings. The monoisotopic (exact) mass is 430 g/mol. The fraction of sp³-hybridized carbons (Fsp3) is 0.318. The van der Waals surface area contributed by atoms with Gasteiger partial charge in [-0.25, -0.2) is 4.98 Å². The average molecular weight is 431 g/mol. The topological polar surface area (TPSA) is 61.2 Å². The van der Waals surface area contributed by atoms with Crippen molar-refractivity contribution in [3.8, 4) is 5.75 Å². The van der Waals surface area contributed by atoms with E-state index in [1.165, 1.54) is 18.9 Å². The smallest absolute Gasteiger partial charge is 0.262 e. The molecule has 0 unspecified atom stereocenters. The van der Waals surface area contributed by atoms with Gasteiger partial charge < -0.3 is 4.74 Å². The van der Waals surface area contributed by atoms with Crippen molar-refractivity contribution in [2.45, 2.75) is 32.0 Å². The second kappa shape index (κ2) is 9.46. The van der Waals surface area contributed by atoms with Crippen molar-refractivity contribution < 1.29 is 9.53 Å². The lowest BCUT2D eigenvalue weighted by Gasteiger charge is -2.14. The van der Waals surface area contributed by atoms with Crippen LogP contribution in [-0.4, -0.2) is 28.2 Å². The van der Waals surface area contributed by atoms with Gasteiger partial charge in [0.25, 0.3) is 5.56 Å². The normalized spacial score (nSPS) is 11.2. The van der Waals surface area contributed by atoms with Crippen LogP contribution in [0.5, 0.6) is 5.75 Å². The molecule has 0 aliphatic carbocycles. The van der Waals surface area contributed by atoms with E-state index < -0.39 is 0 Å². The lowest BCUT2D eigenvalue weighted by Crippen LogP contribution is -2.24. The van der Waals surface area contributed by atoms with Gasteiger partial charge in [-0.1, -0.05) is 49.3 Å². The largest absolute Gasteiger partial charge is 0.496 e. The number of aromatic nitrogens is 2. The van der Waals surface area contributed by atoms with Crippen molar-refractivity contribution in [2.75, 3.05) is 12.9 Å². The first-order chi connectivity index (χ1) is 13.9. The molecule has 29 heavy (non-hydrogen) atoms. The maximum absolute atomic E-state index is 13.0. The van der Waals surface area contributed by atoms with Gasteiger partial charge >= 0.3 is 0 Å². The van der Waals surface area contributed by atoms with Crippen LogP contribution in [0.3, 0.4) is 0 Å². The third-order valence-corrected chi connectivity index (χ3v) is 5.76. The van der Waals surface area contributed by atoms with E-state index >= 15 is 0 Å². The van der Waals surface area contributed by atoms with Crippen LogP contribution in [0.2, 0.25) is 5.02 Å². The van der Waals surface area contributed by atoms with Crippen LogP contribution in [-0.2, 0) is 6.54 Å². The second-order valence-electron chi connectivity index (χ2n) is 7.11. The molecule has 3 aromatic rings. The van der Waals surface area contributed by atoms with Crippen LogP contribution in [0.15, 0.2) is 52.4 Å². The Morgan fingerprint density at radius 3 is 2.72 bits per heavy atom. The quantitative estimate of drug-likeness (QED) is 0.283. The molecule has 0 N–H and O–H groups in total. The van der Waals surface area contributed by atoms with Crippen molar-refractivity contribution in [3.63, 3.8) is 0 Å². The SMILES string of the molecule is COc1ccccc1C(=O)CSc1nc2cc(Cl)ccc2c(=O)n1CCC(C)C. The molecule has 0 atom stereocenters. The van der Waals surface area contributed by atoms with Gasteiger partial charge in [0, 0.05) is 11.6 Å². The predicted octanol–water partition coefficient (Wildman–Crippen LogP) is 5.08. The highest BCUT2D eigenvalue weighted by atomic mass is 35.5. The summed E-state index contributed by atoms with van der Waals surface area (Å²) in [6, 6.07) is 12.2.